The Balaban J connectivity index is 1.97. The largest absolute Gasteiger partial charge is 0.384 e. The SMILES string of the molecule is Cc1cc(Cl)ccc1C(O)c1ccc2c(c1)CCC2. The van der Waals surface area contributed by atoms with Crippen molar-refractivity contribution in [3.05, 3.63) is 69.2 Å². The molecule has 0 saturated carbocycles. The Morgan fingerprint density at radius 3 is 2.63 bits per heavy atom. The summed E-state index contributed by atoms with van der Waals surface area (Å²) < 4.78 is 0. The van der Waals surface area contributed by atoms with Crippen molar-refractivity contribution in [1.29, 1.82) is 0 Å². The Labute approximate surface area is 118 Å². The first kappa shape index (κ1) is 12.7. The summed E-state index contributed by atoms with van der Waals surface area (Å²) in [7, 11) is 0. The maximum absolute atomic E-state index is 10.6. The fourth-order valence-electron chi connectivity index (χ4n) is 2.89. The third-order valence-electron chi connectivity index (χ3n) is 3.96. The summed E-state index contributed by atoms with van der Waals surface area (Å²) in [6, 6.07) is 12.0. The van der Waals surface area contributed by atoms with Gasteiger partial charge in [-0.05, 0) is 66.1 Å². The molecule has 0 fully saturated rings. The van der Waals surface area contributed by atoms with E-state index < -0.39 is 6.10 Å². The van der Waals surface area contributed by atoms with Crippen molar-refractivity contribution < 1.29 is 5.11 Å². The van der Waals surface area contributed by atoms with Crippen LogP contribution in [0, 0.1) is 6.92 Å². The third-order valence-corrected chi connectivity index (χ3v) is 4.20. The van der Waals surface area contributed by atoms with E-state index in [-0.39, 0.29) is 0 Å². The number of aliphatic hydroxyl groups is 1. The Morgan fingerprint density at radius 2 is 1.84 bits per heavy atom. The van der Waals surface area contributed by atoms with E-state index in [0.29, 0.717) is 5.02 Å². The second-order valence-electron chi connectivity index (χ2n) is 5.29. The van der Waals surface area contributed by atoms with E-state index in [1.807, 2.05) is 31.2 Å². The van der Waals surface area contributed by atoms with Crippen LogP contribution in [-0.4, -0.2) is 5.11 Å². The van der Waals surface area contributed by atoms with Crippen LogP contribution in [0.15, 0.2) is 36.4 Å². The van der Waals surface area contributed by atoms with Gasteiger partial charge in [-0.3, -0.25) is 0 Å². The number of aliphatic hydroxyl groups excluding tert-OH is 1. The Hall–Kier alpha value is -1.31. The summed E-state index contributed by atoms with van der Waals surface area (Å²) in [6.07, 6.45) is 2.97. The highest BCUT2D eigenvalue weighted by Crippen LogP contribution is 2.30. The first-order valence-corrected chi connectivity index (χ1v) is 7.09. The fraction of sp³-hybridized carbons (Fsp3) is 0.294. The molecule has 0 heterocycles. The van der Waals surface area contributed by atoms with Gasteiger partial charge < -0.3 is 5.11 Å². The Kier molecular flexibility index (Phi) is 3.34. The molecule has 0 amide bonds. The number of fused-ring (bicyclic) bond motifs is 1. The Bertz CT molecular complexity index is 619. The van der Waals surface area contributed by atoms with Crippen LogP contribution in [0.1, 0.15) is 40.3 Å². The lowest BCUT2D eigenvalue weighted by atomic mass is 9.95. The van der Waals surface area contributed by atoms with Gasteiger partial charge in [0.1, 0.15) is 6.10 Å². The molecule has 0 aromatic heterocycles. The molecule has 98 valence electrons. The van der Waals surface area contributed by atoms with Gasteiger partial charge in [0.25, 0.3) is 0 Å². The summed E-state index contributed by atoms with van der Waals surface area (Å²) in [5.41, 5.74) is 5.76. The predicted octanol–water partition coefficient (Wildman–Crippen LogP) is 4.22. The van der Waals surface area contributed by atoms with Gasteiger partial charge in [0.05, 0.1) is 0 Å². The van der Waals surface area contributed by atoms with E-state index in [4.69, 9.17) is 11.6 Å². The zero-order valence-corrected chi connectivity index (χ0v) is 11.7. The van der Waals surface area contributed by atoms with Crippen molar-refractivity contribution in [2.75, 3.05) is 0 Å². The highest BCUT2D eigenvalue weighted by molar-refractivity contribution is 6.30. The summed E-state index contributed by atoms with van der Waals surface area (Å²) in [5.74, 6) is 0. The van der Waals surface area contributed by atoms with E-state index in [1.165, 1.54) is 24.0 Å². The van der Waals surface area contributed by atoms with Gasteiger partial charge in [0, 0.05) is 5.02 Å². The van der Waals surface area contributed by atoms with E-state index in [1.54, 1.807) is 0 Å². The second kappa shape index (κ2) is 4.99. The normalized spacial score (nSPS) is 15.3. The molecule has 1 atom stereocenters. The molecule has 1 unspecified atom stereocenters. The van der Waals surface area contributed by atoms with Crippen molar-refractivity contribution in [1.82, 2.24) is 0 Å². The number of hydrogen-bond acceptors (Lipinski definition) is 1. The lowest BCUT2D eigenvalue weighted by molar-refractivity contribution is 0.219. The molecule has 0 bridgehead atoms. The van der Waals surface area contributed by atoms with E-state index >= 15 is 0 Å². The molecule has 0 radical (unpaired) electrons. The molecule has 0 aliphatic heterocycles. The standard InChI is InChI=1S/C17H17ClO/c1-11-9-15(18)7-8-16(11)17(19)14-6-5-12-3-2-4-13(12)10-14/h5-10,17,19H,2-4H2,1H3. The molecule has 0 saturated heterocycles. The molecule has 1 nitrogen and oxygen atoms in total. The van der Waals surface area contributed by atoms with Crippen LogP contribution in [0.2, 0.25) is 5.02 Å². The van der Waals surface area contributed by atoms with Gasteiger partial charge in [-0.1, -0.05) is 35.9 Å². The Morgan fingerprint density at radius 1 is 1.05 bits per heavy atom. The highest BCUT2D eigenvalue weighted by Gasteiger charge is 2.17. The molecule has 1 aliphatic rings. The van der Waals surface area contributed by atoms with Crippen LogP contribution in [0.3, 0.4) is 0 Å². The maximum Gasteiger partial charge on any atom is 0.104 e. The van der Waals surface area contributed by atoms with Gasteiger partial charge >= 0.3 is 0 Å². The molecule has 2 aromatic carbocycles. The van der Waals surface area contributed by atoms with Crippen molar-refractivity contribution in [3.63, 3.8) is 0 Å². The van der Waals surface area contributed by atoms with Gasteiger partial charge in [-0.2, -0.15) is 0 Å². The lowest BCUT2D eigenvalue weighted by Gasteiger charge is -2.15. The maximum atomic E-state index is 10.6. The first-order valence-electron chi connectivity index (χ1n) is 6.71. The molecule has 1 aliphatic carbocycles. The molecule has 19 heavy (non-hydrogen) atoms. The number of hydrogen-bond donors (Lipinski definition) is 1. The molecule has 2 heteroatoms. The quantitative estimate of drug-likeness (QED) is 0.868. The van der Waals surface area contributed by atoms with Gasteiger partial charge in [-0.15, -0.1) is 0 Å². The average molecular weight is 273 g/mol. The number of rotatable bonds is 2. The van der Waals surface area contributed by atoms with Crippen LogP contribution in [0.5, 0.6) is 0 Å². The third kappa shape index (κ3) is 2.41. The minimum atomic E-state index is -0.567. The average Bonchev–Trinajstić information content (AvgIpc) is 2.85. The summed E-state index contributed by atoms with van der Waals surface area (Å²) >= 11 is 5.96. The highest BCUT2D eigenvalue weighted by atomic mass is 35.5. The van der Waals surface area contributed by atoms with Crippen LogP contribution in [-0.2, 0) is 12.8 Å². The van der Waals surface area contributed by atoms with Crippen LogP contribution in [0.4, 0.5) is 0 Å². The van der Waals surface area contributed by atoms with Crippen LogP contribution in [0.25, 0.3) is 0 Å². The van der Waals surface area contributed by atoms with Gasteiger partial charge in [0.2, 0.25) is 0 Å². The summed E-state index contributed by atoms with van der Waals surface area (Å²) in [5, 5.41) is 11.3. The molecule has 0 spiro atoms. The zero-order chi connectivity index (χ0) is 13.4. The van der Waals surface area contributed by atoms with E-state index in [2.05, 4.69) is 12.1 Å². The van der Waals surface area contributed by atoms with Gasteiger partial charge in [-0.25, -0.2) is 0 Å². The monoisotopic (exact) mass is 272 g/mol. The van der Waals surface area contributed by atoms with Crippen molar-refractivity contribution >= 4 is 11.6 Å². The number of benzene rings is 2. The fourth-order valence-corrected chi connectivity index (χ4v) is 3.11. The van der Waals surface area contributed by atoms with Crippen LogP contribution < -0.4 is 0 Å². The number of halogens is 1. The zero-order valence-electron chi connectivity index (χ0n) is 11.0. The predicted molar refractivity (Wildman–Crippen MR) is 78.7 cm³/mol. The minimum Gasteiger partial charge on any atom is -0.384 e. The van der Waals surface area contributed by atoms with Crippen molar-refractivity contribution in [2.45, 2.75) is 32.3 Å². The van der Waals surface area contributed by atoms with E-state index in [9.17, 15) is 5.11 Å². The molecule has 1 N–H and O–H groups in total. The summed E-state index contributed by atoms with van der Waals surface area (Å²) in [4.78, 5) is 0. The lowest BCUT2D eigenvalue weighted by Crippen LogP contribution is -2.02. The topological polar surface area (TPSA) is 20.2 Å². The smallest absolute Gasteiger partial charge is 0.104 e. The molecule has 3 rings (SSSR count). The van der Waals surface area contributed by atoms with Gasteiger partial charge in [0.15, 0.2) is 0 Å². The molecular formula is C17H17ClO. The van der Waals surface area contributed by atoms with Crippen LogP contribution >= 0.6 is 11.6 Å². The second-order valence-corrected chi connectivity index (χ2v) is 5.72. The molecule has 2 aromatic rings. The minimum absolute atomic E-state index is 0.567. The van der Waals surface area contributed by atoms with Crippen molar-refractivity contribution in [2.24, 2.45) is 0 Å². The first-order chi connectivity index (χ1) is 9.15. The molecular weight excluding hydrogens is 256 g/mol. The van der Waals surface area contributed by atoms with Crippen molar-refractivity contribution in [3.8, 4) is 0 Å². The van der Waals surface area contributed by atoms with E-state index in [0.717, 1.165) is 23.1 Å². The number of aryl methyl sites for hydroxylation is 3. The summed E-state index contributed by atoms with van der Waals surface area (Å²) in [6.45, 7) is 1.98.